The van der Waals surface area contributed by atoms with E-state index >= 15 is 0 Å². The van der Waals surface area contributed by atoms with Crippen molar-refractivity contribution >= 4 is 12.4 Å². The first-order valence-corrected chi connectivity index (χ1v) is 2.95. The molecule has 0 spiro atoms. The van der Waals surface area contributed by atoms with Gasteiger partial charge in [-0.3, -0.25) is 9.98 Å². The molecule has 0 amide bonds. The SMILES string of the molecule is C=C(C)N=CC=NCC. The summed E-state index contributed by atoms with van der Waals surface area (Å²) in [6.07, 6.45) is 3.32. The lowest BCUT2D eigenvalue weighted by Gasteiger charge is -1.80. The first-order valence-electron chi connectivity index (χ1n) is 2.95. The second kappa shape index (κ2) is 5.22. The van der Waals surface area contributed by atoms with Crippen molar-refractivity contribution in [3.63, 3.8) is 0 Å². The van der Waals surface area contributed by atoms with Crippen molar-refractivity contribution in [2.75, 3.05) is 6.54 Å². The molecule has 50 valence electrons. The lowest BCUT2D eigenvalue weighted by Crippen LogP contribution is -1.76. The molecule has 0 aromatic carbocycles. The molecule has 0 aliphatic rings. The summed E-state index contributed by atoms with van der Waals surface area (Å²) < 4.78 is 0. The average molecular weight is 124 g/mol. The van der Waals surface area contributed by atoms with Crippen LogP contribution in [0.15, 0.2) is 22.3 Å². The zero-order valence-corrected chi connectivity index (χ0v) is 5.96. The van der Waals surface area contributed by atoms with Gasteiger partial charge < -0.3 is 0 Å². The molecule has 0 aliphatic carbocycles. The summed E-state index contributed by atoms with van der Waals surface area (Å²) in [6, 6.07) is 0. The maximum atomic E-state index is 3.93. The molecule has 0 heterocycles. The van der Waals surface area contributed by atoms with Crippen molar-refractivity contribution in [1.82, 2.24) is 0 Å². The molecule has 0 N–H and O–H groups in total. The molecular weight excluding hydrogens is 112 g/mol. The number of nitrogens with zero attached hydrogens (tertiary/aromatic N) is 2. The summed E-state index contributed by atoms with van der Waals surface area (Å²) in [5, 5.41) is 0. The molecule has 0 atom stereocenters. The molecule has 0 radical (unpaired) electrons. The topological polar surface area (TPSA) is 24.7 Å². The molecule has 0 aliphatic heterocycles. The molecule has 0 unspecified atom stereocenters. The molecule has 0 aromatic rings. The highest BCUT2D eigenvalue weighted by Gasteiger charge is 1.68. The molecule has 0 saturated heterocycles. The van der Waals surface area contributed by atoms with Crippen LogP contribution in [0.5, 0.6) is 0 Å². The van der Waals surface area contributed by atoms with Crippen LogP contribution < -0.4 is 0 Å². The van der Waals surface area contributed by atoms with E-state index in [9.17, 15) is 0 Å². The van der Waals surface area contributed by atoms with Gasteiger partial charge in [0.1, 0.15) is 0 Å². The van der Waals surface area contributed by atoms with E-state index in [1.807, 2.05) is 13.8 Å². The van der Waals surface area contributed by atoms with Crippen LogP contribution in [0.3, 0.4) is 0 Å². The lowest BCUT2D eigenvalue weighted by atomic mass is 10.6. The maximum Gasteiger partial charge on any atom is 0.0449 e. The number of rotatable bonds is 3. The van der Waals surface area contributed by atoms with Crippen LogP contribution in [-0.4, -0.2) is 19.0 Å². The first kappa shape index (κ1) is 8.08. The summed E-state index contributed by atoms with van der Waals surface area (Å²) in [5.74, 6) is 0. The van der Waals surface area contributed by atoms with Gasteiger partial charge in [0, 0.05) is 24.7 Å². The van der Waals surface area contributed by atoms with Gasteiger partial charge in [-0.2, -0.15) is 0 Å². The number of hydrogen-bond acceptors (Lipinski definition) is 2. The van der Waals surface area contributed by atoms with Gasteiger partial charge in [-0.05, 0) is 13.8 Å². The third-order valence-electron chi connectivity index (χ3n) is 0.650. The van der Waals surface area contributed by atoms with Crippen LogP contribution in [0, 0.1) is 0 Å². The van der Waals surface area contributed by atoms with Crippen LogP contribution in [0.2, 0.25) is 0 Å². The smallest absolute Gasteiger partial charge is 0.0449 e. The number of aliphatic imine (C=N–C) groups is 2. The van der Waals surface area contributed by atoms with E-state index < -0.39 is 0 Å². The minimum Gasteiger partial charge on any atom is -0.292 e. The summed E-state index contributed by atoms with van der Waals surface area (Å²) in [4.78, 5) is 7.82. The fraction of sp³-hybridized carbons (Fsp3) is 0.429. The molecule has 0 fully saturated rings. The van der Waals surface area contributed by atoms with E-state index in [2.05, 4.69) is 16.6 Å². The van der Waals surface area contributed by atoms with Crippen molar-refractivity contribution < 1.29 is 0 Å². The van der Waals surface area contributed by atoms with E-state index in [0.717, 1.165) is 12.2 Å². The molecule has 0 bridgehead atoms. The van der Waals surface area contributed by atoms with Crippen LogP contribution >= 0.6 is 0 Å². The fourth-order valence-corrected chi connectivity index (χ4v) is 0.313. The summed E-state index contributed by atoms with van der Waals surface area (Å²) >= 11 is 0. The highest BCUT2D eigenvalue weighted by atomic mass is 14.7. The zero-order chi connectivity index (χ0) is 7.11. The van der Waals surface area contributed by atoms with E-state index in [0.29, 0.717) is 0 Å². The third kappa shape index (κ3) is 7.08. The minimum atomic E-state index is 0.803. The van der Waals surface area contributed by atoms with Gasteiger partial charge in [0.2, 0.25) is 0 Å². The van der Waals surface area contributed by atoms with E-state index in [-0.39, 0.29) is 0 Å². The second-order valence-corrected chi connectivity index (χ2v) is 1.66. The number of hydrogen-bond donors (Lipinski definition) is 0. The minimum absolute atomic E-state index is 0.803. The van der Waals surface area contributed by atoms with Crippen molar-refractivity contribution in [1.29, 1.82) is 0 Å². The van der Waals surface area contributed by atoms with E-state index in [1.165, 1.54) is 0 Å². The Bertz CT molecular complexity index is 134. The van der Waals surface area contributed by atoms with E-state index in [4.69, 9.17) is 0 Å². The van der Waals surface area contributed by atoms with Crippen molar-refractivity contribution in [3.05, 3.63) is 12.3 Å². The van der Waals surface area contributed by atoms with Crippen LogP contribution in [0.1, 0.15) is 13.8 Å². The standard InChI is InChI=1S/C7H12N2/c1-4-8-5-6-9-7(2)3/h5-6H,2,4H2,1,3H3. The molecule has 0 saturated carbocycles. The third-order valence-corrected chi connectivity index (χ3v) is 0.650. The van der Waals surface area contributed by atoms with Gasteiger partial charge in [-0.1, -0.05) is 6.58 Å². The molecule has 2 nitrogen and oxygen atoms in total. The Balaban J connectivity index is 3.47. The van der Waals surface area contributed by atoms with Crippen molar-refractivity contribution in [3.8, 4) is 0 Å². The first-order chi connectivity index (χ1) is 4.27. The van der Waals surface area contributed by atoms with Gasteiger partial charge in [0.15, 0.2) is 0 Å². The molecule has 9 heavy (non-hydrogen) atoms. The van der Waals surface area contributed by atoms with Crippen LogP contribution in [0.25, 0.3) is 0 Å². The summed E-state index contributed by atoms with van der Waals surface area (Å²) in [6.45, 7) is 8.22. The average Bonchev–Trinajstić information content (AvgIpc) is 1.80. The maximum absolute atomic E-state index is 3.93. The predicted molar refractivity (Wildman–Crippen MR) is 42.3 cm³/mol. The van der Waals surface area contributed by atoms with Crippen LogP contribution in [-0.2, 0) is 0 Å². The van der Waals surface area contributed by atoms with Gasteiger partial charge in [-0.25, -0.2) is 0 Å². The normalized spacial score (nSPS) is 11.3. The summed E-state index contributed by atoms with van der Waals surface area (Å²) in [5.41, 5.74) is 0.803. The quantitative estimate of drug-likeness (QED) is 0.511. The fourth-order valence-electron chi connectivity index (χ4n) is 0.313. The van der Waals surface area contributed by atoms with Crippen molar-refractivity contribution in [2.24, 2.45) is 9.98 Å². The molecule has 2 heteroatoms. The monoisotopic (exact) mass is 124 g/mol. The highest BCUT2D eigenvalue weighted by Crippen LogP contribution is 1.83. The number of allylic oxidation sites excluding steroid dienone is 1. The lowest BCUT2D eigenvalue weighted by molar-refractivity contribution is 1.14. The zero-order valence-electron chi connectivity index (χ0n) is 5.96. The molecule has 0 aromatic heterocycles. The van der Waals surface area contributed by atoms with E-state index in [1.54, 1.807) is 12.4 Å². The highest BCUT2D eigenvalue weighted by molar-refractivity contribution is 6.16. The van der Waals surface area contributed by atoms with Gasteiger partial charge in [0.05, 0.1) is 0 Å². The predicted octanol–water partition coefficient (Wildman–Crippen LogP) is 1.68. The Morgan fingerprint density at radius 2 is 2.22 bits per heavy atom. The Morgan fingerprint density at radius 3 is 2.67 bits per heavy atom. The van der Waals surface area contributed by atoms with Crippen molar-refractivity contribution in [2.45, 2.75) is 13.8 Å². The molecule has 0 rings (SSSR count). The Morgan fingerprint density at radius 1 is 1.56 bits per heavy atom. The van der Waals surface area contributed by atoms with Gasteiger partial charge in [-0.15, -0.1) is 0 Å². The Hall–Kier alpha value is -0.920. The van der Waals surface area contributed by atoms with Crippen LogP contribution in [0.4, 0.5) is 0 Å². The summed E-state index contributed by atoms with van der Waals surface area (Å²) in [7, 11) is 0. The Kier molecular flexibility index (Phi) is 4.69. The van der Waals surface area contributed by atoms with Gasteiger partial charge in [0.25, 0.3) is 0 Å². The largest absolute Gasteiger partial charge is 0.292 e. The van der Waals surface area contributed by atoms with Gasteiger partial charge >= 0.3 is 0 Å². The molecular formula is C7H12N2. The second-order valence-electron chi connectivity index (χ2n) is 1.66. The Labute approximate surface area is 56.0 Å².